The monoisotopic (exact) mass is 311 g/mol. The number of sulfonamides is 1. The number of nitrogens with zero attached hydrogens (tertiary/aromatic N) is 2. The molecule has 0 atom stereocenters. The molecule has 16 heavy (non-hydrogen) atoms. The molecular formula is C7H4BrF2N3O2S. The lowest BCUT2D eigenvalue weighted by Gasteiger charge is -2.08. The van der Waals surface area contributed by atoms with Crippen molar-refractivity contribution in [2.24, 2.45) is 5.14 Å². The highest BCUT2D eigenvalue weighted by Crippen LogP contribution is 2.31. The molecule has 0 bridgehead atoms. The lowest BCUT2D eigenvalue weighted by atomic mass is 10.1. The molecule has 9 heteroatoms. The Hall–Kier alpha value is -1.11. The van der Waals surface area contributed by atoms with Gasteiger partial charge in [-0.15, -0.1) is 0 Å². The number of alkyl halides is 2. The zero-order valence-corrected chi connectivity index (χ0v) is 9.89. The highest BCUT2D eigenvalue weighted by molar-refractivity contribution is 9.10. The Balaban J connectivity index is 3.72. The number of primary sulfonamides is 1. The molecule has 0 spiro atoms. The first kappa shape index (κ1) is 13.0. The van der Waals surface area contributed by atoms with Crippen LogP contribution < -0.4 is 5.14 Å². The van der Waals surface area contributed by atoms with E-state index in [1.165, 1.54) is 6.07 Å². The lowest BCUT2D eigenvalue weighted by molar-refractivity contribution is 0.149. The van der Waals surface area contributed by atoms with Gasteiger partial charge < -0.3 is 0 Å². The molecule has 0 unspecified atom stereocenters. The Labute approximate surface area is 98.1 Å². The van der Waals surface area contributed by atoms with E-state index in [4.69, 9.17) is 10.4 Å². The number of hydrogen-bond acceptors (Lipinski definition) is 4. The van der Waals surface area contributed by atoms with E-state index in [9.17, 15) is 17.2 Å². The number of rotatable bonds is 2. The second-order valence-corrected chi connectivity index (χ2v) is 4.94. The van der Waals surface area contributed by atoms with Crippen molar-refractivity contribution >= 4 is 26.0 Å². The lowest BCUT2D eigenvalue weighted by Crippen LogP contribution is -2.16. The zero-order valence-electron chi connectivity index (χ0n) is 7.49. The van der Waals surface area contributed by atoms with Crippen LogP contribution in [0.25, 0.3) is 0 Å². The summed E-state index contributed by atoms with van der Waals surface area (Å²) in [6.07, 6.45) is -2.28. The second kappa shape index (κ2) is 4.40. The minimum atomic E-state index is -4.26. The number of nitrogens with two attached hydrogens (primary N) is 1. The second-order valence-electron chi connectivity index (χ2n) is 2.66. The van der Waals surface area contributed by atoms with Gasteiger partial charge >= 0.3 is 0 Å². The summed E-state index contributed by atoms with van der Waals surface area (Å²) in [6.45, 7) is 0. The first-order chi connectivity index (χ1) is 7.29. The summed E-state index contributed by atoms with van der Waals surface area (Å²) < 4.78 is 46.9. The molecule has 0 saturated carbocycles. The van der Waals surface area contributed by atoms with Crippen LogP contribution in [0.4, 0.5) is 8.78 Å². The molecule has 0 saturated heterocycles. The van der Waals surface area contributed by atoms with Crippen LogP contribution in [-0.4, -0.2) is 13.4 Å². The van der Waals surface area contributed by atoms with E-state index in [1.807, 2.05) is 0 Å². The highest BCUT2D eigenvalue weighted by atomic mass is 79.9. The van der Waals surface area contributed by atoms with Crippen molar-refractivity contribution in [3.05, 3.63) is 21.9 Å². The summed E-state index contributed by atoms with van der Waals surface area (Å²) in [5.41, 5.74) is -1.48. The molecule has 1 aromatic heterocycles. The predicted octanol–water partition coefficient (Wildman–Crippen LogP) is 1.30. The maximum absolute atomic E-state index is 12.6. The Morgan fingerprint density at radius 1 is 1.56 bits per heavy atom. The van der Waals surface area contributed by atoms with Crippen LogP contribution in [-0.2, 0) is 10.0 Å². The Kier molecular flexibility index (Phi) is 3.57. The molecule has 5 nitrogen and oxygen atoms in total. The third-order valence-electron chi connectivity index (χ3n) is 1.67. The number of pyridine rings is 1. The highest BCUT2D eigenvalue weighted by Gasteiger charge is 2.25. The van der Waals surface area contributed by atoms with E-state index in [1.54, 1.807) is 0 Å². The molecule has 0 aliphatic rings. The molecule has 0 radical (unpaired) electrons. The number of nitriles is 1. The minimum absolute atomic E-state index is 0.286. The van der Waals surface area contributed by atoms with Crippen LogP contribution in [0.1, 0.15) is 17.6 Å². The Morgan fingerprint density at radius 2 is 2.12 bits per heavy atom. The van der Waals surface area contributed by atoms with Gasteiger partial charge in [-0.25, -0.2) is 27.3 Å². The van der Waals surface area contributed by atoms with Gasteiger partial charge in [0.05, 0.1) is 11.1 Å². The smallest absolute Gasteiger partial charge is 0.247 e. The van der Waals surface area contributed by atoms with Gasteiger partial charge in [0.25, 0.3) is 6.43 Å². The van der Waals surface area contributed by atoms with Crippen molar-refractivity contribution in [3.63, 3.8) is 0 Å². The third kappa shape index (κ3) is 2.34. The van der Waals surface area contributed by atoms with Crippen LogP contribution in [0, 0.1) is 11.3 Å². The molecule has 0 aromatic carbocycles. The average molecular weight is 312 g/mol. The fourth-order valence-corrected chi connectivity index (χ4v) is 2.13. The van der Waals surface area contributed by atoms with E-state index in [-0.39, 0.29) is 4.60 Å². The van der Waals surface area contributed by atoms with Crippen molar-refractivity contribution in [1.29, 1.82) is 5.26 Å². The summed E-state index contributed by atoms with van der Waals surface area (Å²) in [5, 5.41) is 13.5. The molecular weight excluding hydrogens is 308 g/mol. The summed E-state index contributed by atoms with van der Waals surface area (Å²) in [4.78, 5) is 2.69. The molecule has 86 valence electrons. The van der Waals surface area contributed by atoms with Gasteiger partial charge in [0.15, 0.2) is 0 Å². The quantitative estimate of drug-likeness (QED) is 0.832. The SMILES string of the molecule is N#Cc1c(S(N)(=O)=O)cnc(Br)c1C(F)F. The van der Waals surface area contributed by atoms with Crippen molar-refractivity contribution in [2.45, 2.75) is 11.3 Å². The van der Waals surface area contributed by atoms with Gasteiger partial charge in [-0.05, 0) is 15.9 Å². The maximum Gasteiger partial charge on any atom is 0.267 e. The molecule has 0 aliphatic carbocycles. The molecule has 1 heterocycles. The van der Waals surface area contributed by atoms with Crippen LogP contribution in [0.2, 0.25) is 0 Å². The standard InChI is InChI=1S/C7H4BrF2N3O2S/c8-6-5(7(9)10)3(1-11)4(2-13-6)16(12,14)15/h2,7H,(H2,12,14,15). The number of halogens is 3. The summed E-state index contributed by atoms with van der Waals surface area (Å²) in [5.74, 6) is 0. The van der Waals surface area contributed by atoms with Crippen LogP contribution in [0.15, 0.2) is 15.7 Å². The maximum atomic E-state index is 12.6. The molecule has 0 amide bonds. The van der Waals surface area contributed by atoms with Crippen molar-refractivity contribution in [2.75, 3.05) is 0 Å². The average Bonchev–Trinajstić information content (AvgIpc) is 2.14. The fourth-order valence-electron chi connectivity index (χ4n) is 1.02. The first-order valence-corrected chi connectivity index (χ1v) is 6.02. The normalized spacial score (nSPS) is 11.5. The van der Waals surface area contributed by atoms with Crippen molar-refractivity contribution < 1.29 is 17.2 Å². The Bertz CT molecular complexity index is 568. The fraction of sp³-hybridized carbons (Fsp3) is 0.143. The minimum Gasteiger partial charge on any atom is -0.247 e. The van der Waals surface area contributed by atoms with E-state index in [0.29, 0.717) is 0 Å². The van der Waals surface area contributed by atoms with Gasteiger partial charge in [-0.2, -0.15) is 5.26 Å². The van der Waals surface area contributed by atoms with Gasteiger partial charge in [0, 0.05) is 6.20 Å². The molecule has 1 rings (SSSR count). The van der Waals surface area contributed by atoms with Gasteiger partial charge in [-0.3, -0.25) is 0 Å². The van der Waals surface area contributed by atoms with Gasteiger partial charge in [0.2, 0.25) is 10.0 Å². The predicted molar refractivity (Wildman–Crippen MR) is 53.0 cm³/mol. The first-order valence-electron chi connectivity index (χ1n) is 3.68. The van der Waals surface area contributed by atoms with Gasteiger partial charge in [0.1, 0.15) is 15.6 Å². The van der Waals surface area contributed by atoms with E-state index in [0.717, 1.165) is 6.20 Å². The van der Waals surface area contributed by atoms with Crippen LogP contribution >= 0.6 is 15.9 Å². The van der Waals surface area contributed by atoms with E-state index < -0.39 is 32.5 Å². The largest absolute Gasteiger partial charge is 0.267 e. The third-order valence-corrected chi connectivity index (χ3v) is 3.22. The molecule has 0 fully saturated rings. The zero-order chi connectivity index (χ0) is 12.5. The van der Waals surface area contributed by atoms with E-state index in [2.05, 4.69) is 20.9 Å². The van der Waals surface area contributed by atoms with Crippen LogP contribution in [0.5, 0.6) is 0 Å². The number of hydrogen-bond donors (Lipinski definition) is 1. The molecule has 0 aliphatic heterocycles. The summed E-state index contributed by atoms with van der Waals surface area (Å²) in [7, 11) is -4.26. The van der Waals surface area contributed by atoms with Crippen LogP contribution in [0.3, 0.4) is 0 Å². The summed E-state index contributed by atoms with van der Waals surface area (Å²) >= 11 is 2.71. The van der Waals surface area contributed by atoms with Crippen molar-refractivity contribution in [3.8, 4) is 6.07 Å². The Morgan fingerprint density at radius 3 is 2.50 bits per heavy atom. The molecule has 1 aromatic rings. The molecule has 2 N–H and O–H groups in total. The van der Waals surface area contributed by atoms with E-state index >= 15 is 0 Å². The topological polar surface area (TPSA) is 96.8 Å². The van der Waals surface area contributed by atoms with Gasteiger partial charge in [-0.1, -0.05) is 0 Å². The summed E-state index contributed by atoms with van der Waals surface area (Å²) in [6, 6.07) is 1.38. The number of aromatic nitrogens is 1. The van der Waals surface area contributed by atoms with Crippen molar-refractivity contribution in [1.82, 2.24) is 4.98 Å².